The topological polar surface area (TPSA) is 99.7 Å². The molecule has 24 heavy (non-hydrogen) atoms. The summed E-state index contributed by atoms with van der Waals surface area (Å²) in [6, 6.07) is 11.4. The second kappa shape index (κ2) is 5.96. The largest absolute Gasteiger partial charge is 0.497 e. The molecule has 120 valence electrons. The summed E-state index contributed by atoms with van der Waals surface area (Å²) in [5.41, 5.74) is -0.672. The monoisotopic (exact) mass is 325 g/mol. The highest BCUT2D eigenvalue weighted by Gasteiger charge is 2.17. The van der Waals surface area contributed by atoms with Crippen molar-refractivity contribution in [2.24, 2.45) is 0 Å². The van der Waals surface area contributed by atoms with E-state index in [1.807, 2.05) is 0 Å². The van der Waals surface area contributed by atoms with Crippen molar-refractivity contribution < 1.29 is 18.9 Å². The first-order valence-electron chi connectivity index (χ1n) is 6.90. The van der Waals surface area contributed by atoms with E-state index in [4.69, 9.17) is 9.15 Å². The van der Waals surface area contributed by atoms with E-state index in [-0.39, 0.29) is 22.4 Å². The molecule has 7 heteroatoms. The minimum absolute atomic E-state index is 0.154. The molecule has 0 saturated carbocycles. The van der Waals surface area contributed by atoms with Gasteiger partial charge < -0.3 is 9.15 Å². The number of ether oxygens (including phenoxy) is 1. The smallest absolute Gasteiger partial charge is 0.347 e. The Morgan fingerprint density at radius 1 is 1.12 bits per heavy atom. The number of benzene rings is 2. The lowest BCUT2D eigenvalue weighted by molar-refractivity contribution is -0.384. The van der Waals surface area contributed by atoms with Gasteiger partial charge in [0, 0.05) is 23.1 Å². The molecule has 0 aliphatic heterocycles. The average Bonchev–Trinajstić information content (AvgIpc) is 2.60. The summed E-state index contributed by atoms with van der Waals surface area (Å²) in [5.74, 6) is 0.0486. The summed E-state index contributed by atoms with van der Waals surface area (Å²) in [7, 11) is 1.50. The fourth-order valence-corrected chi connectivity index (χ4v) is 2.28. The number of nitrogens with zero attached hydrogens (tertiary/aromatic N) is 1. The Kier molecular flexibility index (Phi) is 3.83. The van der Waals surface area contributed by atoms with Gasteiger partial charge in [0.05, 0.1) is 12.0 Å². The van der Waals surface area contributed by atoms with E-state index in [9.17, 15) is 19.7 Å². The van der Waals surface area contributed by atoms with Crippen molar-refractivity contribution in [1.29, 1.82) is 0 Å². The molecule has 0 N–H and O–H groups in total. The number of methoxy groups -OCH3 is 1. The Labute approximate surface area is 135 Å². The van der Waals surface area contributed by atoms with Crippen LogP contribution in [0.5, 0.6) is 5.75 Å². The SMILES string of the molecule is COc1ccc(C(=O)c2cc3cc([N+](=O)[O-])ccc3oc2=O)cc1. The van der Waals surface area contributed by atoms with Crippen LogP contribution in [0.2, 0.25) is 0 Å². The molecule has 0 aliphatic carbocycles. The molecule has 2 aromatic carbocycles. The summed E-state index contributed by atoms with van der Waals surface area (Å²) >= 11 is 0. The second-order valence-corrected chi connectivity index (χ2v) is 4.98. The predicted octanol–water partition coefficient (Wildman–Crippen LogP) is 2.94. The molecule has 7 nitrogen and oxygen atoms in total. The number of hydrogen-bond donors (Lipinski definition) is 0. The van der Waals surface area contributed by atoms with Crippen LogP contribution in [-0.2, 0) is 0 Å². The first-order chi connectivity index (χ1) is 11.5. The molecule has 0 atom stereocenters. The molecule has 3 aromatic rings. The highest BCUT2D eigenvalue weighted by Crippen LogP contribution is 2.21. The fraction of sp³-hybridized carbons (Fsp3) is 0.0588. The molecule has 1 heterocycles. The third-order valence-corrected chi connectivity index (χ3v) is 3.52. The van der Waals surface area contributed by atoms with E-state index < -0.39 is 16.3 Å². The molecule has 0 spiro atoms. The van der Waals surface area contributed by atoms with Gasteiger partial charge in [-0.15, -0.1) is 0 Å². The van der Waals surface area contributed by atoms with E-state index in [0.717, 1.165) is 0 Å². The molecule has 1 aromatic heterocycles. The lowest BCUT2D eigenvalue weighted by Gasteiger charge is -2.04. The zero-order valence-electron chi connectivity index (χ0n) is 12.5. The van der Waals surface area contributed by atoms with E-state index in [1.165, 1.54) is 43.5 Å². The van der Waals surface area contributed by atoms with Crippen LogP contribution < -0.4 is 10.4 Å². The van der Waals surface area contributed by atoms with Crippen molar-refractivity contribution in [2.75, 3.05) is 7.11 Å². The van der Waals surface area contributed by atoms with Gasteiger partial charge in [0.15, 0.2) is 5.78 Å². The average molecular weight is 325 g/mol. The lowest BCUT2D eigenvalue weighted by atomic mass is 10.0. The number of nitro groups is 1. The van der Waals surface area contributed by atoms with Crippen LogP contribution in [0.25, 0.3) is 11.0 Å². The number of carbonyl (C=O) groups excluding carboxylic acids is 1. The maximum Gasteiger partial charge on any atom is 0.347 e. The zero-order valence-corrected chi connectivity index (χ0v) is 12.5. The minimum Gasteiger partial charge on any atom is -0.497 e. The number of hydrogen-bond acceptors (Lipinski definition) is 6. The Bertz CT molecular complexity index is 1000. The third kappa shape index (κ3) is 2.74. The van der Waals surface area contributed by atoms with Gasteiger partial charge in [-0.25, -0.2) is 4.79 Å². The van der Waals surface area contributed by atoms with Crippen molar-refractivity contribution >= 4 is 22.4 Å². The van der Waals surface area contributed by atoms with Crippen molar-refractivity contribution in [3.63, 3.8) is 0 Å². The van der Waals surface area contributed by atoms with Gasteiger partial charge in [-0.3, -0.25) is 14.9 Å². The van der Waals surface area contributed by atoms with Gasteiger partial charge in [0.2, 0.25) is 0 Å². The van der Waals surface area contributed by atoms with Crippen molar-refractivity contribution in [1.82, 2.24) is 0 Å². The third-order valence-electron chi connectivity index (χ3n) is 3.52. The van der Waals surface area contributed by atoms with E-state index in [1.54, 1.807) is 12.1 Å². The fourth-order valence-electron chi connectivity index (χ4n) is 2.28. The van der Waals surface area contributed by atoms with Crippen LogP contribution in [-0.4, -0.2) is 17.8 Å². The summed E-state index contributed by atoms with van der Waals surface area (Å²) < 4.78 is 10.1. The predicted molar refractivity (Wildman–Crippen MR) is 85.6 cm³/mol. The Morgan fingerprint density at radius 2 is 1.83 bits per heavy atom. The summed E-state index contributed by atoms with van der Waals surface area (Å²) in [6.45, 7) is 0. The van der Waals surface area contributed by atoms with Crippen LogP contribution in [0.4, 0.5) is 5.69 Å². The van der Waals surface area contributed by atoms with Gasteiger partial charge >= 0.3 is 5.63 Å². The number of ketones is 1. The van der Waals surface area contributed by atoms with Crippen molar-refractivity contribution in [3.05, 3.63) is 80.2 Å². The van der Waals surface area contributed by atoms with E-state index in [2.05, 4.69) is 0 Å². The van der Waals surface area contributed by atoms with Gasteiger partial charge in [-0.05, 0) is 36.4 Å². The number of nitro benzene ring substituents is 1. The zero-order chi connectivity index (χ0) is 17.3. The van der Waals surface area contributed by atoms with Gasteiger partial charge in [-0.2, -0.15) is 0 Å². The molecule has 0 saturated heterocycles. The first-order valence-corrected chi connectivity index (χ1v) is 6.90. The molecule has 0 radical (unpaired) electrons. The number of rotatable bonds is 4. The minimum atomic E-state index is -0.794. The maximum atomic E-state index is 12.5. The Hall–Kier alpha value is -3.48. The maximum absolute atomic E-state index is 12.5. The lowest BCUT2D eigenvalue weighted by Crippen LogP contribution is -2.14. The molecular formula is C17H11NO6. The number of non-ortho nitro benzene ring substituents is 1. The molecule has 0 amide bonds. The highest BCUT2D eigenvalue weighted by atomic mass is 16.6. The van der Waals surface area contributed by atoms with Crippen LogP contribution in [0, 0.1) is 10.1 Å². The normalized spacial score (nSPS) is 10.5. The summed E-state index contributed by atoms with van der Waals surface area (Å²) in [5, 5.41) is 11.2. The van der Waals surface area contributed by atoms with Crippen LogP contribution in [0.1, 0.15) is 15.9 Å². The van der Waals surface area contributed by atoms with Gasteiger partial charge in [0.25, 0.3) is 5.69 Å². The van der Waals surface area contributed by atoms with Crippen LogP contribution in [0.3, 0.4) is 0 Å². The van der Waals surface area contributed by atoms with E-state index >= 15 is 0 Å². The Balaban J connectivity index is 2.10. The van der Waals surface area contributed by atoms with Crippen LogP contribution in [0.15, 0.2) is 57.7 Å². The Morgan fingerprint density at radius 3 is 2.46 bits per heavy atom. The number of fused-ring (bicyclic) bond motifs is 1. The van der Waals surface area contributed by atoms with Crippen molar-refractivity contribution in [2.45, 2.75) is 0 Å². The van der Waals surface area contributed by atoms with Gasteiger partial charge in [0.1, 0.15) is 16.9 Å². The molecule has 0 bridgehead atoms. The summed E-state index contributed by atoms with van der Waals surface area (Å²) in [6.07, 6.45) is 0. The molecular weight excluding hydrogens is 314 g/mol. The van der Waals surface area contributed by atoms with Crippen LogP contribution >= 0.6 is 0 Å². The molecule has 0 aliphatic rings. The van der Waals surface area contributed by atoms with Crippen molar-refractivity contribution in [3.8, 4) is 5.75 Å². The van der Waals surface area contributed by atoms with E-state index in [0.29, 0.717) is 11.1 Å². The quantitative estimate of drug-likeness (QED) is 0.316. The first kappa shape index (κ1) is 15.4. The van der Waals surface area contributed by atoms with Gasteiger partial charge in [-0.1, -0.05) is 0 Å². The molecule has 0 fully saturated rings. The number of carbonyl (C=O) groups is 1. The standard InChI is InChI=1S/C17H11NO6/c1-23-13-5-2-10(3-6-13)16(19)14-9-11-8-12(18(21)22)4-7-15(11)24-17(14)20/h2-9H,1H3. The summed E-state index contributed by atoms with van der Waals surface area (Å²) in [4.78, 5) is 34.8. The molecule has 0 unspecified atom stereocenters. The second-order valence-electron chi connectivity index (χ2n) is 4.98. The highest BCUT2D eigenvalue weighted by molar-refractivity contribution is 6.09. The molecule has 3 rings (SSSR count).